The molecule has 0 aliphatic heterocycles. The Balaban J connectivity index is 1.89. The summed E-state index contributed by atoms with van der Waals surface area (Å²) in [5, 5.41) is 0.510. The molecule has 5 nitrogen and oxygen atoms in total. The number of benzene rings is 2. The van der Waals surface area contributed by atoms with Crippen LogP contribution in [0.25, 0.3) is 10.2 Å². The van der Waals surface area contributed by atoms with Crippen molar-refractivity contribution in [2.45, 2.75) is 31.3 Å². The molecule has 0 bridgehead atoms. The number of aromatic nitrogens is 1. The van der Waals surface area contributed by atoms with Crippen LogP contribution in [-0.2, 0) is 23.1 Å². The molecule has 0 atom stereocenters. The van der Waals surface area contributed by atoms with E-state index >= 15 is 0 Å². The summed E-state index contributed by atoms with van der Waals surface area (Å²) in [6.07, 6.45) is 0.838. The highest BCUT2D eigenvalue weighted by atomic mass is 35.5. The van der Waals surface area contributed by atoms with Gasteiger partial charge in [0.1, 0.15) is 0 Å². The number of aryl methyl sites for hydroxylation is 1. The lowest BCUT2D eigenvalue weighted by Gasteiger charge is -2.08. The summed E-state index contributed by atoms with van der Waals surface area (Å²) < 4.78 is 30.0. The summed E-state index contributed by atoms with van der Waals surface area (Å²) in [6.45, 7) is 2.72. The number of hydrogen-bond acceptors (Lipinski definition) is 4. The summed E-state index contributed by atoms with van der Waals surface area (Å²) in [5.41, 5.74) is 1.47. The van der Waals surface area contributed by atoms with Gasteiger partial charge in [0.05, 0.1) is 15.1 Å². The normalized spacial score (nSPS) is 11.9. The minimum atomic E-state index is -3.70. The zero-order chi connectivity index (χ0) is 18.0. The first-order valence-electron chi connectivity index (χ1n) is 7.79. The van der Waals surface area contributed by atoms with E-state index in [0.29, 0.717) is 21.8 Å². The summed E-state index contributed by atoms with van der Waals surface area (Å²) in [5.74, 6) is 0. The fourth-order valence-electron chi connectivity index (χ4n) is 2.55. The predicted octanol–water partition coefficient (Wildman–Crippen LogP) is 3.60. The number of rotatable bonds is 6. The van der Waals surface area contributed by atoms with Gasteiger partial charge in [0, 0.05) is 18.1 Å². The van der Waals surface area contributed by atoms with E-state index in [1.165, 1.54) is 6.07 Å². The minimum absolute atomic E-state index is 0.0737. The molecule has 3 rings (SSSR count). The van der Waals surface area contributed by atoms with Crippen LogP contribution < -0.4 is 9.60 Å². The van der Waals surface area contributed by atoms with Gasteiger partial charge >= 0.3 is 4.87 Å². The van der Waals surface area contributed by atoms with Crippen molar-refractivity contribution in [3.8, 4) is 0 Å². The number of sulfonamides is 1. The van der Waals surface area contributed by atoms with Gasteiger partial charge < -0.3 is 0 Å². The molecule has 25 heavy (non-hydrogen) atoms. The fraction of sp³-hybridized carbons (Fsp3) is 0.235. The van der Waals surface area contributed by atoms with Gasteiger partial charge in [-0.3, -0.25) is 9.36 Å². The molecule has 0 unspecified atom stereocenters. The highest BCUT2D eigenvalue weighted by molar-refractivity contribution is 7.89. The first-order chi connectivity index (χ1) is 11.9. The van der Waals surface area contributed by atoms with E-state index in [4.69, 9.17) is 11.6 Å². The SMILES string of the molecule is CCCn1c(=O)sc2cc(S(=O)(=O)NCc3ccccc3Cl)ccc21. The van der Waals surface area contributed by atoms with Crippen molar-refractivity contribution in [1.82, 2.24) is 9.29 Å². The van der Waals surface area contributed by atoms with E-state index in [0.717, 1.165) is 23.3 Å². The number of fused-ring (bicyclic) bond motifs is 1. The third-order valence-electron chi connectivity index (χ3n) is 3.81. The Hall–Kier alpha value is -1.67. The second kappa shape index (κ2) is 7.29. The van der Waals surface area contributed by atoms with E-state index in [-0.39, 0.29) is 16.3 Å². The van der Waals surface area contributed by atoms with Gasteiger partial charge in [-0.1, -0.05) is 48.1 Å². The van der Waals surface area contributed by atoms with Crippen LogP contribution in [0.2, 0.25) is 5.02 Å². The quantitative estimate of drug-likeness (QED) is 0.692. The lowest BCUT2D eigenvalue weighted by Crippen LogP contribution is -2.23. The summed E-state index contributed by atoms with van der Waals surface area (Å²) in [7, 11) is -3.70. The largest absolute Gasteiger partial charge is 0.308 e. The molecule has 1 heterocycles. The standard InChI is InChI=1S/C17H17ClN2O3S2/c1-2-9-20-15-8-7-13(10-16(15)24-17(20)21)25(22,23)19-11-12-5-3-4-6-14(12)18/h3-8,10,19H,2,9,11H2,1H3. The van der Waals surface area contributed by atoms with Crippen LogP contribution in [0.4, 0.5) is 0 Å². The van der Waals surface area contributed by atoms with Crippen molar-refractivity contribution < 1.29 is 8.42 Å². The molecule has 2 aromatic carbocycles. The van der Waals surface area contributed by atoms with E-state index in [2.05, 4.69) is 4.72 Å². The van der Waals surface area contributed by atoms with E-state index in [9.17, 15) is 13.2 Å². The zero-order valence-corrected chi connectivity index (χ0v) is 15.9. The molecule has 0 fully saturated rings. The molecule has 0 saturated carbocycles. The molecule has 0 amide bonds. The maximum absolute atomic E-state index is 12.5. The Morgan fingerprint density at radius 2 is 1.96 bits per heavy atom. The molecular formula is C17H17ClN2O3S2. The lowest BCUT2D eigenvalue weighted by molar-refractivity contribution is 0.581. The molecule has 3 aromatic rings. The third kappa shape index (κ3) is 3.79. The van der Waals surface area contributed by atoms with Crippen LogP contribution >= 0.6 is 22.9 Å². The lowest BCUT2D eigenvalue weighted by atomic mass is 10.2. The van der Waals surface area contributed by atoms with E-state index in [1.54, 1.807) is 41.0 Å². The van der Waals surface area contributed by atoms with Gasteiger partial charge in [0.15, 0.2) is 0 Å². The van der Waals surface area contributed by atoms with Crippen LogP contribution in [0.15, 0.2) is 52.2 Å². The highest BCUT2D eigenvalue weighted by Gasteiger charge is 2.17. The maximum atomic E-state index is 12.5. The summed E-state index contributed by atoms with van der Waals surface area (Å²) >= 11 is 7.12. The average molecular weight is 397 g/mol. The second-order valence-electron chi connectivity index (χ2n) is 5.57. The van der Waals surface area contributed by atoms with Gasteiger partial charge in [-0.15, -0.1) is 0 Å². The van der Waals surface area contributed by atoms with E-state index in [1.807, 2.05) is 6.92 Å². The first kappa shape index (κ1) is 18.1. The van der Waals surface area contributed by atoms with Gasteiger partial charge in [0.25, 0.3) is 0 Å². The molecule has 1 aromatic heterocycles. The van der Waals surface area contributed by atoms with Gasteiger partial charge in [-0.2, -0.15) is 0 Å². The van der Waals surface area contributed by atoms with Crippen molar-refractivity contribution >= 4 is 43.2 Å². The monoisotopic (exact) mass is 396 g/mol. The van der Waals surface area contributed by atoms with Crippen LogP contribution in [-0.4, -0.2) is 13.0 Å². The van der Waals surface area contributed by atoms with Crippen molar-refractivity contribution in [3.63, 3.8) is 0 Å². The molecule has 0 aliphatic carbocycles. The Morgan fingerprint density at radius 1 is 1.20 bits per heavy atom. The Bertz CT molecular complexity index is 1070. The van der Waals surface area contributed by atoms with Crippen molar-refractivity contribution in [2.75, 3.05) is 0 Å². The molecule has 8 heteroatoms. The number of nitrogens with one attached hydrogen (secondary N) is 1. The number of hydrogen-bond donors (Lipinski definition) is 1. The fourth-order valence-corrected chi connectivity index (χ4v) is 4.81. The summed E-state index contributed by atoms with van der Waals surface area (Å²) in [6, 6.07) is 11.8. The molecule has 0 aliphatic rings. The van der Waals surface area contributed by atoms with Gasteiger partial charge in [0.2, 0.25) is 10.0 Å². The number of thiazole rings is 1. The van der Waals surface area contributed by atoms with Crippen molar-refractivity contribution in [2.24, 2.45) is 0 Å². The molecule has 132 valence electrons. The number of halogens is 1. The van der Waals surface area contributed by atoms with Crippen molar-refractivity contribution in [1.29, 1.82) is 0 Å². The molecule has 0 radical (unpaired) electrons. The zero-order valence-electron chi connectivity index (χ0n) is 13.5. The smallest absolute Gasteiger partial charge is 0.299 e. The Labute approximate surface area is 154 Å². The Kier molecular flexibility index (Phi) is 5.29. The molecule has 0 saturated heterocycles. The summed E-state index contributed by atoms with van der Waals surface area (Å²) in [4.78, 5) is 12.1. The van der Waals surface area contributed by atoms with Crippen molar-refractivity contribution in [3.05, 3.63) is 62.7 Å². The average Bonchev–Trinajstić information content (AvgIpc) is 2.89. The van der Waals surface area contributed by atoms with Crippen LogP contribution in [0.5, 0.6) is 0 Å². The first-order valence-corrected chi connectivity index (χ1v) is 10.5. The van der Waals surface area contributed by atoms with Crippen LogP contribution in [0.3, 0.4) is 0 Å². The highest BCUT2D eigenvalue weighted by Crippen LogP contribution is 2.22. The van der Waals surface area contributed by atoms with Crippen LogP contribution in [0.1, 0.15) is 18.9 Å². The van der Waals surface area contributed by atoms with Crippen LogP contribution in [0, 0.1) is 0 Å². The topological polar surface area (TPSA) is 68.2 Å². The van der Waals surface area contributed by atoms with Gasteiger partial charge in [-0.05, 0) is 36.2 Å². The minimum Gasteiger partial charge on any atom is -0.299 e. The maximum Gasteiger partial charge on any atom is 0.308 e. The Morgan fingerprint density at radius 3 is 2.68 bits per heavy atom. The molecule has 0 spiro atoms. The number of nitrogens with zero attached hydrogens (tertiary/aromatic N) is 1. The third-order valence-corrected chi connectivity index (χ3v) is 6.52. The predicted molar refractivity (Wildman–Crippen MR) is 102 cm³/mol. The van der Waals surface area contributed by atoms with Gasteiger partial charge in [-0.25, -0.2) is 13.1 Å². The molecule has 1 N–H and O–H groups in total. The van der Waals surface area contributed by atoms with E-state index < -0.39 is 10.0 Å². The molecular weight excluding hydrogens is 380 g/mol. The second-order valence-corrected chi connectivity index (χ2v) is 8.73.